The summed E-state index contributed by atoms with van der Waals surface area (Å²) in [6, 6.07) is 33.3. The zero-order valence-electron chi connectivity index (χ0n) is 22.0. The first-order valence-corrected chi connectivity index (χ1v) is 13.5. The molecular formula is C33H28ClN3O3. The smallest absolute Gasteiger partial charge is 0.273 e. The average molecular weight is 550 g/mol. The minimum atomic E-state index is -0.298. The highest BCUT2D eigenvalue weighted by Gasteiger charge is 2.41. The summed E-state index contributed by atoms with van der Waals surface area (Å²) in [4.78, 5) is 15.6. The molecule has 6 rings (SSSR count). The van der Waals surface area contributed by atoms with Crippen LogP contribution < -0.4 is 9.47 Å². The van der Waals surface area contributed by atoms with Gasteiger partial charge in [0.25, 0.3) is 5.91 Å². The number of rotatable bonds is 9. The van der Waals surface area contributed by atoms with Gasteiger partial charge < -0.3 is 14.4 Å². The molecule has 1 atom stereocenters. The molecule has 1 aliphatic rings. The first-order chi connectivity index (χ1) is 19.6. The number of methoxy groups -OCH3 is 1. The minimum Gasteiger partial charge on any atom is -0.497 e. The van der Waals surface area contributed by atoms with Crippen LogP contribution in [0.5, 0.6) is 11.5 Å². The lowest BCUT2D eigenvalue weighted by Crippen LogP contribution is -2.31. The molecule has 1 aromatic heterocycles. The van der Waals surface area contributed by atoms with Crippen LogP contribution in [0.2, 0.25) is 5.02 Å². The van der Waals surface area contributed by atoms with E-state index in [0.717, 1.165) is 45.0 Å². The molecule has 0 radical (unpaired) electrons. The fourth-order valence-electron chi connectivity index (χ4n) is 5.13. The van der Waals surface area contributed by atoms with E-state index < -0.39 is 0 Å². The van der Waals surface area contributed by atoms with E-state index in [1.165, 1.54) is 0 Å². The number of H-pyrrole nitrogens is 1. The van der Waals surface area contributed by atoms with Crippen molar-refractivity contribution in [2.75, 3.05) is 13.7 Å². The molecule has 0 fully saturated rings. The highest BCUT2D eigenvalue weighted by molar-refractivity contribution is 6.30. The Morgan fingerprint density at radius 3 is 2.25 bits per heavy atom. The summed E-state index contributed by atoms with van der Waals surface area (Å²) in [7, 11) is 1.65. The molecule has 1 N–H and O–H groups in total. The predicted octanol–water partition coefficient (Wildman–Crippen LogP) is 7.11. The maximum absolute atomic E-state index is 13.7. The van der Waals surface area contributed by atoms with Crippen molar-refractivity contribution in [3.8, 4) is 22.8 Å². The van der Waals surface area contributed by atoms with Gasteiger partial charge in [0.1, 0.15) is 23.8 Å². The Kier molecular flexibility index (Phi) is 7.25. The number of aromatic amines is 1. The van der Waals surface area contributed by atoms with E-state index >= 15 is 0 Å². The standard InChI is InChI=1S/C33H28ClN3O3/c1-39-27-15-7-22(8-16-27)19-20-37-32(25-11-17-28(18-12-25)40-21-23-5-3-2-4-6-23)29-30(35-36-31(29)33(37)38)24-9-13-26(34)14-10-24/h2-18,32H,19-21H2,1H3,(H,35,36). The van der Waals surface area contributed by atoms with Gasteiger partial charge in [-0.05, 0) is 59.5 Å². The van der Waals surface area contributed by atoms with Gasteiger partial charge in [-0.1, -0.05) is 78.3 Å². The molecule has 0 bridgehead atoms. The third kappa shape index (κ3) is 5.18. The van der Waals surface area contributed by atoms with Crippen LogP contribution in [0.4, 0.5) is 0 Å². The number of nitrogens with one attached hydrogen (secondary N) is 1. The maximum atomic E-state index is 13.7. The molecule has 6 nitrogen and oxygen atoms in total. The molecule has 0 saturated carbocycles. The van der Waals surface area contributed by atoms with Gasteiger partial charge >= 0.3 is 0 Å². The van der Waals surface area contributed by atoms with Crippen LogP contribution in [0.1, 0.15) is 38.8 Å². The van der Waals surface area contributed by atoms with E-state index in [0.29, 0.717) is 30.3 Å². The number of carbonyl (C=O) groups is 1. The second-order valence-electron chi connectivity index (χ2n) is 9.71. The zero-order chi connectivity index (χ0) is 27.5. The van der Waals surface area contributed by atoms with Crippen molar-refractivity contribution < 1.29 is 14.3 Å². The lowest BCUT2D eigenvalue weighted by molar-refractivity contribution is 0.0746. The number of fused-ring (bicyclic) bond motifs is 1. The largest absolute Gasteiger partial charge is 0.497 e. The summed E-state index contributed by atoms with van der Waals surface area (Å²) in [6.45, 7) is 1.04. The number of ether oxygens (including phenoxy) is 2. The SMILES string of the molecule is COc1ccc(CCN2C(=O)c3[nH]nc(-c4ccc(Cl)cc4)c3C2c2ccc(OCc3ccccc3)cc2)cc1. The summed E-state index contributed by atoms with van der Waals surface area (Å²) in [5, 5.41) is 8.24. The topological polar surface area (TPSA) is 67.5 Å². The van der Waals surface area contributed by atoms with Gasteiger partial charge in [0.2, 0.25) is 0 Å². The minimum absolute atomic E-state index is 0.0642. The fraction of sp³-hybridized carbons (Fsp3) is 0.152. The van der Waals surface area contributed by atoms with Gasteiger partial charge in [0.15, 0.2) is 0 Å². The van der Waals surface area contributed by atoms with Crippen molar-refractivity contribution in [1.29, 1.82) is 0 Å². The Morgan fingerprint density at radius 1 is 0.850 bits per heavy atom. The van der Waals surface area contributed by atoms with Crippen molar-refractivity contribution in [2.24, 2.45) is 0 Å². The lowest BCUT2D eigenvalue weighted by Gasteiger charge is -2.26. The summed E-state index contributed by atoms with van der Waals surface area (Å²) < 4.78 is 11.3. The van der Waals surface area contributed by atoms with E-state index in [9.17, 15) is 4.79 Å². The van der Waals surface area contributed by atoms with E-state index in [4.69, 9.17) is 21.1 Å². The second kappa shape index (κ2) is 11.3. The van der Waals surface area contributed by atoms with Crippen LogP contribution >= 0.6 is 11.6 Å². The summed E-state index contributed by atoms with van der Waals surface area (Å²) in [5.74, 6) is 1.51. The van der Waals surface area contributed by atoms with Crippen LogP contribution in [0.3, 0.4) is 0 Å². The molecule has 0 spiro atoms. The number of aromatic nitrogens is 2. The maximum Gasteiger partial charge on any atom is 0.273 e. The van der Waals surface area contributed by atoms with Crippen molar-refractivity contribution in [2.45, 2.75) is 19.1 Å². The summed E-state index contributed by atoms with van der Waals surface area (Å²) >= 11 is 6.15. The number of benzene rings is 4. The van der Waals surface area contributed by atoms with Crippen molar-refractivity contribution >= 4 is 17.5 Å². The Bertz CT molecular complexity index is 1600. The highest BCUT2D eigenvalue weighted by atomic mass is 35.5. The van der Waals surface area contributed by atoms with E-state index in [2.05, 4.69) is 10.2 Å². The monoisotopic (exact) mass is 549 g/mol. The molecular weight excluding hydrogens is 522 g/mol. The van der Waals surface area contributed by atoms with Crippen molar-refractivity contribution in [3.63, 3.8) is 0 Å². The van der Waals surface area contributed by atoms with E-state index in [1.54, 1.807) is 7.11 Å². The molecule has 1 aliphatic heterocycles. The number of carbonyl (C=O) groups excluding carboxylic acids is 1. The molecule has 1 amide bonds. The molecule has 0 aliphatic carbocycles. The third-order valence-electron chi connectivity index (χ3n) is 7.23. The number of amides is 1. The van der Waals surface area contributed by atoms with Gasteiger partial charge in [-0.3, -0.25) is 9.89 Å². The Labute approximate surface area is 238 Å². The first-order valence-electron chi connectivity index (χ1n) is 13.2. The number of halogens is 1. The van der Waals surface area contributed by atoms with Gasteiger partial charge in [-0.15, -0.1) is 0 Å². The molecule has 2 heterocycles. The summed E-state index contributed by atoms with van der Waals surface area (Å²) in [6.07, 6.45) is 0.707. The fourth-order valence-corrected chi connectivity index (χ4v) is 5.26. The molecule has 7 heteroatoms. The molecule has 200 valence electrons. The van der Waals surface area contributed by atoms with Crippen molar-refractivity contribution in [3.05, 3.63) is 136 Å². The lowest BCUT2D eigenvalue weighted by atomic mass is 9.96. The predicted molar refractivity (Wildman–Crippen MR) is 156 cm³/mol. The Morgan fingerprint density at radius 2 is 1.55 bits per heavy atom. The highest BCUT2D eigenvalue weighted by Crippen LogP contribution is 2.43. The molecule has 0 saturated heterocycles. The van der Waals surface area contributed by atoms with Crippen molar-refractivity contribution in [1.82, 2.24) is 15.1 Å². The molecule has 5 aromatic rings. The van der Waals surface area contributed by atoms with Crippen LogP contribution in [0.25, 0.3) is 11.3 Å². The van der Waals surface area contributed by atoms with E-state index in [-0.39, 0.29) is 11.9 Å². The van der Waals surface area contributed by atoms with Gasteiger partial charge in [0.05, 0.1) is 18.8 Å². The molecule has 4 aromatic carbocycles. The number of hydrogen-bond donors (Lipinski definition) is 1. The molecule has 40 heavy (non-hydrogen) atoms. The Hall–Kier alpha value is -4.55. The Balaban J connectivity index is 1.31. The van der Waals surface area contributed by atoms with Crippen LogP contribution in [0, 0.1) is 0 Å². The first kappa shape index (κ1) is 25.7. The average Bonchev–Trinajstić information content (AvgIpc) is 3.55. The third-order valence-corrected chi connectivity index (χ3v) is 7.48. The second-order valence-corrected chi connectivity index (χ2v) is 10.1. The van der Waals surface area contributed by atoms with Crippen LogP contribution in [-0.4, -0.2) is 34.7 Å². The zero-order valence-corrected chi connectivity index (χ0v) is 22.8. The van der Waals surface area contributed by atoms with Gasteiger partial charge in [-0.2, -0.15) is 5.10 Å². The van der Waals surface area contributed by atoms with Crippen LogP contribution in [0.15, 0.2) is 103 Å². The summed E-state index contributed by atoms with van der Waals surface area (Å²) in [5.41, 5.74) is 6.28. The van der Waals surface area contributed by atoms with Gasteiger partial charge in [-0.25, -0.2) is 0 Å². The van der Waals surface area contributed by atoms with E-state index in [1.807, 2.05) is 108 Å². The molecule has 1 unspecified atom stereocenters. The van der Waals surface area contributed by atoms with Crippen LogP contribution in [-0.2, 0) is 13.0 Å². The number of hydrogen-bond acceptors (Lipinski definition) is 4. The number of nitrogens with zero attached hydrogens (tertiary/aromatic N) is 2. The quantitative estimate of drug-likeness (QED) is 0.213. The van der Waals surface area contributed by atoms with Gasteiger partial charge in [0, 0.05) is 22.7 Å². The normalized spacial score (nSPS) is 14.3.